The molecule has 3 aromatic rings. The molecule has 1 heterocycles. The zero-order valence-corrected chi connectivity index (χ0v) is 15.9. The van der Waals surface area contributed by atoms with Crippen LogP contribution in [0.2, 0.25) is 10.2 Å². The average molecular weight is 403 g/mol. The molecule has 138 valence electrons. The Morgan fingerprint density at radius 1 is 1.22 bits per heavy atom. The molecule has 0 amide bonds. The van der Waals surface area contributed by atoms with Crippen molar-refractivity contribution < 1.29 is 9.90 Å². The first-order valence-corrected chi connectivity index (χ1v) is 8.80. The van der Waals surface area contributed by atoms with Crippen LogP contribution in [0.1, 0.15) is 27.2 Å². The minimum atomic E-state index is -0.974. The number of aryl methyl sites for hydroxylation is 1. The molecule has 0 aliphatic rings. The third-order valence-corrected chi connectivity index (χ3v) is 4.67. The smallest absolute Gasteiger partial charge is 0.335 e. The monoisotopic (exact) mass is 402 g/mol. The summed E-state index contributed by atoms with van der Waals surface area (Å²) in [6.07, 6.45) is 1.58. The molecule has 0 aliphatic carbocycles. The summed E-state index contributed by atoms with van der Waals surface area (Å²) in [6.45, 7) is 2.30. The average Bonchev–Trinajstić information content (AvgIpc) is 2.91. The molecule has 3 rings (SSSR count). The van der Waals surface area contributed by atoms with Gasteiger partial charge in [-0.3, -0.25) is 5.43 Å². The fraction of sp³-hybridized carbons (Fsp3) is 0.105. The molecule has 0 bridgehead atoms. The van der Waals surface area contributed by atoms with Gasteiger partial charge in [-0.1, -0.05) is 41.4 Å². The van der Waals surface area contributed by atoms with E-state index in [9.17, 15) is 4.79 Å². The summed E-state index contributed by atoms with van der Waals surface area (Å²) in [5, 5.41) is 18.6. The number of rotatable bonds is 6. The molecule has 0 fully saturated rings. The van der Waals surface area contributed by atoms with E-state index in [1.165, 1.54) is 12.1 Å². The lowest BCUT2D eigenvalue weighted by atomic mass is 10.2. The summed E-state index contributed by atoms with van der Waals surface area (Å²) in [5.41, 5.74) is 6.06. The summed E-state index contributed by atoms with van der Waals surface area (Å²) in [5.74, 6) is -0.974. The normalized spacial score (nSPS) is 11.1. The number of carboxylic acid groups (broad SMARTS) is 1. The number of hydrogen-bond acceptors (Lipinski definition) is 4. The summed E-state index contributed by atoms with van der Waals surface area (Å²) in [4.78, 5) is 10.9. The number of benzene rings is 2. The molecule has 0 aliphatic heterocycles. The third-order valence-electron chi connectivity index (χ3n) is 3.91. The molecule has 2 aromatic carbocycles. The lowest BCUT2D eigenvalue weighted by Gasteiger charge is -2.05. The number of carboxylic acids is 1. The highest BCUT2D eigenvalue weighted by atomic mass is 35.5. The van der Waals surface area contributed by atoms with Crippen molar-refractivity contribution in [3.8, 4) is 0 Å². The Labute approximate surface area is 166 Å². The van der Waals surface area contributed by atoms with E-state index in [1.807, 2.05) is 31.2 Å². The van der Waals surface area contributed by atoms with Gasteiger partial charge in [-0.25, -0.2) is 9.48 Å². The summed E-state index contributed by atoms with van der Waals surface area (Å²) >= 11 is 12.6. The van der Waals surface area contributed by atoms with Gasteiger partial charge in [0.1, 0.15) is 5.15 Å². The van der Waals surface area contributed by atoms with Crippen LogP contribution in [0.15, 0.2) is 53.6 Å². The van der Waals surface area contributed by atoms with Crippen LogP contribution < -0.4 is 5.43 Å². The number of halogens is 2. The standard InChI is InChI=1S/C19H16Cl2N4O2/c1-12-16(10-22-23-15-8-6-13(7-9-15)19(26)27)18(21)25(24-12)11-14-4-2-3-5-17(14)20/h2-10,23H,11H2,1H3,(H,26,27)/b22-10-. The van der Waals surface area contributed by atoms with Crippen LogP contribution in [0.4, 0.5) is 5.69 Å². The van der Waals surface area contributed by atoms with Crippen molar-refractivity contribution in [2.24, 2.45) is 5.10 Å². The van der Waals surface area contributed by atoms with Crippen LogP contribution in [0.25, 0.3) is 0 Å². The maximum absolute atomic E-state index is 10.9. The van der Waals surface area contributed by atoms with E-state index in [2.05, 4.69) is 15.6 Å². The van der Waals surface area contributed by atoms with Gasteiger partial charge >= 0.3 is 5.97 Å². The van der Waals surface area contributed by atoms with Gasteiger partial charge in [0.25, 0.3) is 0 Å². The Kier molecular flexibility index (Phi) is 5.78. The van der Waals surface area contributed by atoms with E-state index in [0.717, 1.165) is 11.3 Å². The van der Waals surface area contributed by atoms with Crippen molar-refractivity contribution in [1.82, 2.24) is 9.78 Å². The molecular formula is C19H16Cl2N4O2. The quantitative estimate of drug-likeness (QED) is 0.462. The fourth-order valence-electron chi connectivity index (χ4n) is 2.47. The Hall–Kier alpha value is -2.83. The fourth-order valence-corrected chi connectivity index (χ4v) is 2.94. The third kappa shape index (κ3) is 4.48. The molecule has 0 saturated carbocycles. The molecule has 2 N–H and O–H groups in total. The van der Waals surface area contributed by atoms with Gasteiger partial charge in [-0.2, -0.15) is 10.2 Å². The van der Waals surface area contributed by atoms with Crippen molar-refractivity contribution in [3.63, 3.8) is 0 Å². The second-order valence-electron chi connectivity index (χ2n) is 5.79. The highest BCUT2D eigenvalue weighted by molar-refractivity contribution is 6.32. The molecule has 0 unspecified atom stereocenters. The molecule has 0 saturated heterocycles. The van der Waals surface area contributed by atoms with Crippen LogP contribution in [0.3, 0.4) is 0 Å². The predicted octanol–water partition coefficient (Wildman–Crippen LogP) is 4.69. The lowest BCUT2D eigenvalue weighted by Crippen LogP contribution is -2.02. The molecular weight excluding hydrogens is 387 g/mol. The molecule has 0 atom stereocenters. The summed E-state index contributed by atoms with van der Waals surface area (Å²) in [7, 11) is 0. The van der Waals surface area contributed by atoms with Gasteiger partial charge in [0, 0.05) is 5.02 Å². The molecule has 0 radical (unpaired) electrons. The number of hydrazone groups is 1. The number of carbonyl (C=O) groups is 1. The van der Waals surface area contributed by atoms with Gasteiger partial charge < -0.3 is 5.11 Å². The number of hydrogen-bond donors (Lipinski definition) is 2. The van der Waals surface area contributed by atoms with Crippen LogP contribution >= 0.6 is 23.2 Å². The molecule has 6 nitrogen and oxygen atoms in total. The second-order valence-corrected chi connectivity index (χ2v) is 6.56. The zero-order chi connectivity index (χ0) is 19.4. The second kappa shape index (κ2) is 8.24. The molecule has 27 heavy (non-hydrogen) atoms. The minimum Gasteiger partial charge on any atom is -0.478 e. The highest BCUT2D eigenvalue weighted by Crippen LogP contribution is 2.22. The Balaban J connectivity index is 1.73. The molecule has 0 spiro atoms. The maximum atomic E-state index is 10.9. The van der Waals surface area contributed by atoms with Crippen molar-refractivity contribution in [2.45, 2.75) is 13.5 Å². The van der Waals surface area contributed by atoms with E-state index in [0.29, 0.717) is 28.0 Å². The first-order valence-electron chi connectivity index (χ1n) is 8.04. The van der Waals surface area contributed by atoms with E-state index < -0.39 is 5.97 Å². The van der Waals surface area contributed by atoms with E-state index in [1.54, 1.807) is 23.0 Å². The Bertz CT molecular complexity index is 997. The van der Waals surface area contributed by atoms with E-state index in [4.69, 9.17) is 28.3 Å². The number of anilines is 1. The highest BCUT2D eigenvalue weighted by Gasteiger charge is 2.13. The first-order chi connectivity index (χ1) is 13.0. The SMILES string of the molecule is Cc1nn(Cc2ccccc2Cl)c(Cl)c1/C=N\Nc1ccc(C(=O)O)cc1. The van der Waals surface area contributed by atoms with Crippen LogP contribution in [-0.4, -0.2) is 27.1 Å². The maximum Gasteiger partial charge on any atom is 0.335 e. The summed E-state index contributed by atoms with van der Waals surface area (Å²) < 4.78 is 1.67. The van der Waals surface area contributed by atoms with Gasteiger partial charge in [0.15, 0.2) is 0 Å². The first kappa shape index (κ1) is 18.9. The van der Waals surface area contributed by atoms with Crippen molar-refractivity contribution in [2.75, 3.05) is 5.43 Å². The number of nitrogens with zero attached hydrogens (tertiary/aromatic N) is 3. The van der Waals surface area contributed by atoms with E-state index >= 15 is 0 Å². The van der Waals surface area contributed by atoms with Gasteiger partial charge in [-0.15, -0.1) is 0 Å². The van der Waals surface area contributed by atoms with Crippen molar-refractivity contribution in [3.05, 3.63) is 81.1 Å². The van der Waals surface area contributed by atoms with Gasteiger partial charge in [0.2, 0.25) is 0 Å². The van der Waals surface area contributed by atoms with E-state index in [-0.39, 0.29) is 5.56 Å². The number of nitrogens with one attached hydrogen (secondary N) is 1. The van der Waals surface area contributed by atoms with Crippen LogP contribution in [-0.2, 0) is 6.54 Å². The summed E-state index contributed by atoms with van der Waals surface area (Å²) in [6, 6.07) is 13.8. The number of aromatic nitrogens is 2. The van der Waals surface area contributed by atoms with Crippen LogP contribution in [0, 0.1) is 6.92 Å². The topological polar surface area (TPSA) is 79.5 Å². The molecule has 8 heteroatoms. The Morgan fingerprint density at radius 2 is 1.93 bits per heavy atom. The van der Waals surface area contributed by atoms with Gasteiger partial charge in [0.05, 0.1) is 35.3 Å². The van der Waals surface area contributed by atoms with Crippen molar-refractivity contribution >= 4 is 41.1 Å². The number of aromatic carboxylic acids is 1. The lowest BCUT2D eigenvalue weighted by molar-refractivity contribution is 0.0697. The van der Waals surface area contributed by atoms with Gasteiger partial charge in [-0.05, 0) is 42.8 Å². The minimum absolute atomic E-state index is 0.212. The largest absolute Gasteiger partial charge is 0.478 e. The zero-order valence-electron chi connectivity index (χ0n) is 14.4. The molecule has 1 aromatic heterocycles. The van der Waals surface area contributed by atoms with Crippen molar-refractivity contribution in [1.29, 1.82) is 0 Å². The predicted molar refractivity (Wildman–Crippen MR) is 107 cm³/mol. The van der Waals surface area contributed by atoms with Crippen LogP contribution in [0.5, 0.6) is 0 Å². The Morgan fingerprint density at radius 3 is 2.59 bits per heavy atom.